The summed E-state index contributed by atoms with van der Waals surface area (Å²) >= 11 is 0. The largest absolute Gasteiger partial charge is 0.474 e. The molecule has 0 saturated carbocycles. The molecule has 0 radical (unpaired) electrons. The summed E-state index contributed by atoms with van der Waals surface area (Å²) in [6.45, 7) is 7.84. The predicted molar refractivity (Wildman–Crippen MR) is 97.9 cm³/mol. The van der Waals surface area contributed by atoms with Gasteiger partial charge in [0.1, 0.15) is 0 Å². The van der Waals surface area contributed by atoms with E-state index in [0.29, 0.717) is 19.8 Å². The zero-order valence-electron chi connectivity index (χ0n) is 15.7. The molecule has 0 unspecified atom stereocenters. The normalized spacial score (nSPS) is 12.0. The molecule has 0 rings (SSSR count). The van der Waals surface area contributed by atoms with Gasteiger partial charge in [-0.3, -0.25) is 13.6 Å². The van der Waals surface area contributed by atoms with Gasteiger partial charge in [0.25, 0.3) is 0 Å². The van der Waals surface area contributed by atoms with E-state index in [1.54, 1.807) is 0 Å². The van der Waals surface area contributed by atoms with E-state index in [4.69, 9.17) is 13.6 Å². The summed E-state index contributed by atoms with van der Waals surface area (Å²) in [6.07, 6.45) is 13.3. The van der Waals surface area contributed by atoms with Crippen molar-refractivity contribution in [2.24, 2.45) is 0 Å². The van der Waals surface area contributed by atoms with E-state index in [1.165, 1.54) is 38.5 Å². The lowest BCUT2D eigenvalue weighted by Gasteiger charge is -2.18. The van der Waals surface area contributed by atoms with E-state index in [9.17, 15) is 4.57 Å². The minimum atomic E-state index is -3.36. The van der Waals surface area contributed by atoms with Gasteiger partial charge in [0.05, 0.1) is 19.8 Å². The van der Waals surface area contributed by atoms with Gasteiger partial charge in [-0.2, -0.15) is 0 Å². The molecule has 0 spiro atoms. The minimum Gasteiger partial charge on any atom is -0.287 e. The first-order chi connectivity index (χ1) is 11.2. The molecule has 140 valence electrons. The van der Waals surface area contributed by atoms with Crippen molar-refractivity contribution in [2.75, 3.05) is 19.8 Å². The first kappa shape index (κ1) is 23.1. The highest BCUT2D eigenvalue weighted by molar-refractivity contribution is 7.48. The number of phosphoric ester groups is 1. The van der Waals surface area contributed by atoms with Crippen LogP contribution in [0.2, 0.25) is 0 Å². The Hall–Kier alpha value is 0.110. The molecule has 0 aromatic rings. The summed E-state index contributed by atoms with van der Waals surface area (Å²) in [5, 5.41) is 0. The number of phosphoric acid groups is 1. The molecule has 5 heteroatoms. The summed E-state index contributed by atoms with van der Waals surface area (Å²) in [5.74, 6) is 0. The summed E-state index contributed by atoms with van der Waals surface area (Å²) in [4.78, 5) is 0. The molecule has 0 aliphatic heterocycles. The highest BCUT2D eigenvalue weighted by Gasteiger charge is 2.25. The second kappa shape index (κ2) is 17.0. The molecule has 0 saturated heterocycles. The summed E-state index contributed by atoms with van der Waals surface area (Å²) in [7, 11) is -3.36. The van der Waals surface area contributed by atoms with Crippen molar-refractivity contribution in [2.45, 2.75) is 97.8 Å². The van der Waals surface area contributed by atoms with Crippen LogP contribution in [0.3, 0.4) is 0 Å². The van der Waals surface area contributed by atoms with Gasteiger partial charge in [-0.15, -0.1) is 0 Å². The molecule has 0 aliphatic rings. The molecule has 0 aromatic carbocycles. The minimum absolute atomic E-state index is 0.444. The highest BCUT2D eigenvalue weighted by atomic mass is 31.2. The lowest BCUT2D eigenvalue weighted by atomic mass is 10.2. The molecule has 0 atom stereocenters. The summed E-state index contributed by atoms with van der Waals surface area (Å²) in [6, 6.07) is 0. The van der Waals surface area contributed by atoms with E-state index in [0.717, 1.165) is 38.5 Å². The number of rotatable bonds is 18. The van der Waals surface area contributed by atoms with Gasteiger partial charge in [0.15, 0.2) is 0 Å². The molecule has 0 fully saturated rings. The summed E-state index contributed by atoms with van der Waals surface area (Å²) < 4.78 is 29.0. The zero-order valence-corrected chi connectivity index (χ0v) is 16.6. The third kappa shape index (κ3) is 15.4. The van der Waals surface area contributed by atoms with Crippen LogP contribution in [0.4, 0.5) is 0 Å². The average Bonchev–Trinajstić information content (AvgIpc) is 2.54. The second-order valence-corrected chi connectivity index (χ2v) is 7.80. The first-order valence-electron chi connectivity index (χ1n) is 9.72. The fraction of sp³-hybridized carbons (Fsp3) is 1.00. The van der Waals surface area contributed by atoms with E-state index in [1.807, 2.05) is 0 Å². The van der Waals surface area contributed by atoms with E-state index in [2.05, 4.69) is 20.8 Å². The molecule has 0 amide bonds. The Balaban J connectivity index is 3.95. The molecular formula is C18H39O4P. The van der Waals surface area contributed by atoms with Crippen LogP contribution in [0.5, 0.6) is 0 Å². The predicted octanol–water partition coefficient (Wildman–Crippen LogP) is 6.89. The summed E-state index contributed by atoms with van der Waals surface area (Å²) in [5.41, 5.74) is 0. The van der Waals surface area contributed by atoms with Gasteiger partial charge in [-0.1, -0.05) is 78.6 Å². The number of hydrogen-bond acceptors (Lipinski definition) is 4. The van der Waals surface area contributed by atoms with Gasteiger partial charge in [0, 0.05) is 0 Å². The van der Waals surface area contributed by atoms with Crippen LogP contribution < -0.4 is 0 Å². The van der Waals surface area contributed by atoms with Crippen molar-refractivity contribution >= 4 is 7.82 Å². The van der Waals surface area contributed by atoms with Crippen molar-refractivity contribution in [1.82, 2.24) is 0 Å². The molecule has 0 bridgehead atoms. The Labute approximate surface area is 144 Å². The SMILES string of the molecule is CCCCCCCOP(=O)(OCCCC)OCCCCCCC. The molecule has 0 aliphatic carbocycles. The van der Waals surface area contributed by atoms with Crippen molar-refractivity contribution in [3.8, 4) is 0 Å². The fourth-order valence-electron chi connectivity index (χ4n) is 2.20. The van der Waals surface area contributed by atoms with Gasteiger partial charge in [-0.05, 0) is 19.3 Å². The number of unbranched alkanes of at least 4 members (excludes halogenated alkanes) is 9. The molecular weight excluding hydrogens is 311 g/mol. The van der Waals surface area contributed by atoms with Crippen LogP contribution >= 0.6 is 7.82 Å². The van der Waals surface area contributed by atoms with Gasteiger partial charge < -0.3 is 0 Å². The monoisotopic (exact) mass is 350 g/mol. The fourth-order valence-corrected chi connectivity index (χ4v) is 3.48. The smallest absolute Gasteiger partial charge is 0.287 e. The molecule has 0 N–H and O–H groups in total. The third-order valence-corrected chi connectivity index (χ3v) is 5.24. The van der Waals surface area contributed by atoms with Crippen LogP contribution in [0, 0.1) is 0 Å². The number of hydrogen-bond donors (Lipinski definition) is 0. The maximum Gasteiger partial charge on any atom is 0.474 e. The highest BCUT2D eigenvalue weighted by Crippen LogP contribution is 2.49. The van der Waals surface area contributed by atoms with Crippen LogP contribution in [0.15, 0.2) is 0 Å². The van der Waals surface area contributed by atoms with Crippen LogP contribution in [-0.4, -0.2) is 19.8 Å². The Morgan fingerprint density at radius 1 is 0.522 bits per heavy atom. The molecule has 0 aromatic heterocycles. The molecule has 23 heavy (non-hydrogen) atoms. The van der Waals surface area contributed by atoms with E-state index in [-0.39, 0.29) is 0 Å². The Morgan fingerprint density at radius 2 is 0.870 bits per heavy atom. The third-order valence-electron chi connectivity index (χ3n) is 3.74. The lowest BCUT2D eigenvalue weighted by Crippen LogP contribution is -2.04. The second-order valence-electron chi connectivity index (χ2n) is 6.13. The van der Waals surface area contributed by atoms with E-state index >= 15 is 0 Å². The van der Waals surface area contributed by atoms with Crippen molar-refractivity contribution in [1.29, 1.82) is 0 Å². The maximum absolute atomic E-state index is 12.6. The van der Waals surface area contributed by atoms with Gasteiger partial charge in [0.2, 0.25) is 0 Å². The van der Waals surface area contributed by atoms with Crippen molar-refractivity contribution in [3.05, 3.63) is 0 Å². The first-order valence-corrected chi connectivity index (χ1v) is 11.2. The van der Waals surface area contributed by atoms with Crippen LogP contribution in [-0.2, 0) is 18.1 Å². The topological polar surface area (TPSA) is 44.8 Å². The zero-order chi connectivity index (χ0) is 17.2. The quantitative estimate of drug-likeness (QED) is 0.199. The Bertz CT molecular complexity index is 264. The standard InChI is InChI=1S/C18H39O4P/c1-4-7-10-12-14-17-21-23(19,20-16-9-6-3)22-18-15-13-11-8-5-2/h4-18H2,1-3H3. The van der Waals surface area contributed by atoms with Crippen molar-refractivity contribution in [3.63, 3.8) is 0 Å². The van der Waals surface area contributed by atoms with Gasteiger partial charge >= 0.3 is 7.82 Å². The Kier molecular flexibility index (Phi) is 17.0. The lowest BCUT2D eigenvalue weighted by molar-refractivity contribution is 0.109. The molecule has 4 nitrogen and oxygen atoms in total. The average molecular weight is 350 g/mol. The van der Waals surface area contributed by atoms with Crippen molar-refractivity contribution < 1.29 is 18.1 Å². The van der Waals surface area contributed by atoms with Crippen LogP contribution in [0.1, 0.15) is 97.8 Å². The maximum atomic E-state index is 12.6. The molecule has 0 heterocycles. The van der Waals surface area contributed by atoms with Crippen LogP contribution in [0.25, 0.3) is 0 Å². The van der Waals surface area contributed by atoms with E-state index < -0.39 is 7.82 Å². The van der Waals surface area contributed by atoms with Gasteiger partial charge in [-0.25, -0.2) is 4.57 Å². The Morgan fingerprint density at radius 3 is 1.26 bits per heavy atom.